The molecule has 1 aliphatic carbocycles. The van der Waals surface area contributed by atoms with E-state index in [1.54, 1.807) is 0 Å². The zero-order valence-corrected chi connectivity index (χ0v) is 13.9. The van der Waals surface area contributed by atoms with Crippen molar-refractivity contribution in [1.29, 1.82) is 0 Å². The van der Waals surface area contributed by atoms with Crippen LogP contribution < -0.4 is 5.73 Å². The van der Waals surface area contributed by atoms with E-state index in [-0.39, 0.29) is 11.9 Å². The lowest BCUT2D eigenvalue weighted by Gasteiger charge is -2.40. The summed E-state index contributed by atoms with van der Waals surface area (Å²) in [6, 6.07) is 0.0515. The molecule has 0 radical (unpaired) electrons. The molecule has 6 heteroatoms. The van der Waals surface area contributed by atoms with Gasteiger partial charge in [0.2, 0.25) is 5.91 Å². The number of nitrogens with two attached hydrogens (primary N) is 1. The third-order valence-corrected chi connectivity index (χ3v) is 5.21. The Bertz CT molecular complexity index is 408. The van der Waals surface area contributed by atoms with Crippen molar-refractivity contribution in [3.05, 3.63) is 0 Å². The largest absolute Gasteiger partial charge is 0.392 e. The van der Waals surface area contributed by atoms with Gasteiger partial charge in [-0.05, 0) is 33.4 Å². The lowest BCUT2D eigenvalue weighted by atomic mass is 9.72. The van der Waals surface area contributed by atoms with E-state index < -0.39 is 11.5 Å². The first kappa shape index (κ1) is 16.6. The summed E-state index contributed by atoms with van der Waals surface area (Å²) in [5, 5.41) is 9.98. The van der Waals surface area contributed by atoms with Crippen LogP contribution in [-0.2, 0) is 4.79 Å². The Balaban J connectivity index is 2.20. The number of β-amino-alcohol motifs (C(OH)–C–C–N with tert-alkyl or cyclic N) is 1. The van der Waals surface area contributed by atoms with Gasteiger partial charge in [0.1, 0.15) is 0 Å². The molecule has 2 unspecified atom stereocenters. The van der Waals surface area contributed by atoms with Gasteiger partial charge in [-0.2, -0.15) is 0 Å². The summed E-state index contributed by atoms with van der Waals surface area (Å²) in [5.41, 5.74) is 5.28. The molecule has 120 valence electrons. The number of likely N-dealkylation sites (tertiary alicyclic amines) is 1. The summed E-state index contributed by atoms with van der Waals surface area (Å²) >= 11 is 5.25. The zero-order chi connectivity index (χ0) is 15.6. The van der Waals surface area contributed by atoms with Gasteiger partial charge in [0.15, 0.2) is 0 Å². The maximum atomic E-state index is 13.1. The Labute approximate surface area is 132 Å². The maximum Gasteiger partial charge on any atom is 0.236 e. The molecule has 1 heterocycles. The van der Waals surface area contributed by atoms with E-state index >= 15 is 0 Å². The maximum absolute atomic E-state index is 13.1. The van der Waals surface area contributed by atoms with Gasteiger partial charge in [0.05, 0.1) is 16.5 Å². The summed E-state index contributed by atoms with van der Waals surface area (Å²) in [4.78, 5) is 17.3. The highest BCUT2D eigenvalue weighted by molar-refractivity contribution is 7.80. The lowest BCUT2D eigenvalue weighted by Crippen LogP contribution is -2.54. The third-order valence-electron chi connectivity index (χ3n) is 4.82. The van der Waals surface area contributed by atoms with E-state index in [0.717, 1.165) is 38.6 Å². The fraction of sp³-hybridized carbons (Fsp3) is 0.867. The second-order valence-corrected chi connectivity index (χ2v) is 7.21. The molecule has 0 aromatic rings. The molecule has 3 N–H and O–H groups in total. The van der Waals surface area contributed by atoms with Crippen molar-refractivity contribution < 1.29 is 9.90 Å². The number of nitrogens with zero attached hydrogens (tertiary/aromatic N) is 2. The second kappa shape index (κ2) is 6.58. The van der Waals surface area contributed by atoms with Crippen LogP contribution in [0.15, 0.2) is 0 Å². The molecule has 2 fully saturated rings. The van der Waals surface area contributed by atoms with E-state index in [1.807, 2.05) is 19.0 Å². The number of amides is 1. The van der Waals surface area contributed by atoms with E-state index in [1.165, 1.54) is 0 Å². The predicted octanol–water partition coefficient (Wildman–Crippen LogP) is 0.746. The molecule has 21 heavy (non-hydrogen) atoms. The number of hydrogen-bond donors (Lipinski definition) is 2. The first-order valence-electron chi connectivity index (χ1n) is 7.80. The van der Waals surface area contributed by atoms with Crippen LogP contribution in [0.25, 0.3) is 0 Å². The monoisotopic (exact) mass is 313 g/mol. The molecular weight excluding hydrogens is 286 g/mol. The molecule has 2 atom stereocenters. The number of aliphatic hydroxyl groups is 1. The summed E-state index contributed by atoms with van der Waals surface area (Å²) in [7, 11) is 3.97. The minimum absolute atomic E-state index is 0.0399. The van der Waals surface area contributed by atoms with Gasteiger partial charge in [-0.1, -0.05) is 31.5 Å². The first-order valence-corrected chi connectivity index (χ1v) is 8.21. The molecular formula is C15H27N3O2S. The topological polar surface area (TPSA) is 69.8 Å². The van der Waals surface area contributed by atoms with Crippen LogP contribution in [0, 0.1) is 5.41 Å². The summed E-state index contributed by atoms with van der Waals surface area (Å²) in [6.07, 6.45) is 4.84. The van der Waals surface area contributed by atoms with E-state index in [9.17, 15) is 9.90 Å². The molecule has 2 aliphatic rings. The van der Waals surface area contributed by atoms with Gasteiger partial charge >= 0.3 is 0 Å². The van der Waals surface area contributed by atoms with Crippen LogP contribution >= 0.6 is 12.2 Å². The zero-order valence-electron chi connectivity index (χ0n) is 13.0. The van der Waals surface area contributed by atoms with Crippen LogP contribution in [0.4, 0.5) is 0 Å². The average Bonchev–Trinajstić information content (AvgIpc) is 2.78. The number of carbonyl (C=O) groups is 1. The van der Waals surface area contributed by atoms with Gasteiger partial charge in [0, 0.05) is 19.1 Å². The summed E-state index contributed by atoms with van der Waals surface area (Å²) in [6.45, 7) is 1.16. The molecule has 1 saturated carbocycles. The Morgan fingerprint density at radius 2 is 2.00 bits per heavy atom. The van der Waals surface area contributed by atoms with Crippen LogP contribution in [0.2, 0.25) is 0 Å². The van der Waals surface area contributed by atoms with Gasteiger partial charge in [-0.3, -0.25) is 4.79 Å². The Morgan fingerprint density at radius 3 is 2.52 bits per heavy atom. The fourth-order valence-corrected chi connectivity index (χ4v) is 4.02. The van der Waals surface area contributed by atoms with Crippen LogP contribution in [0.1, 0.15) is 38.5 Å². The first-order chi connectivity index (χ1) is 9.86. The van der Waals surface area contributed by atoms with Crippen molar-refractivity contribution >= 4 is 23.1 Å². The molecule has 1 saturated heterocycles. The number of hydrogen-bond acceptors (Lipinski definition) is 4. The van der Waals surface area contributed by atoms with Crippen molar-refractivity contribution in [2.75, 3.05) is 27.2 Å². The van der Waals surface area contributed by atoms with Crippen molar-refractivity contribution in [3.8, 4) is 0 Å². The smallest absolute Gasteiger partial charge is 0.236 e. The van der Waals surface area contributed by atoms with Gasteiger partial charge < -0.3 is 20.6 Å². The van der Waals surface area contributed by atoms with Crippen molar-refractivity contribution in [2.45, 2.75) is 50.7 Å². The molecule has 0 bridgehead atoms. The number of aliphatic hydroxyl groups excluding tert-OH is 1. The Kier molecular flexibility index (Phi) is 5.22. The molecule has 0 aromatic carbocycles. The van der Waals surface area contributed by atoms with Crippen LogP contribution in [0.3, 0.4) is 0 Å². The molecule has 1 amide bonds. The number of carbonyl (C=O) groups excluding carboxylic acids is 1. The van der Waals surface area contributed by atoms with E-state index in [4.69, 9.17) is 18.0 Å². The summed E-state index contributed by atoms with van der Waals surface area (Å²) < 4.78 is 0. The standard InChI is InChI=1S/C15H27N3O2S/c1-17(2)9-11-8-12(19)10-18(11)14(20)15(13(16)21)6-4-3-5-7-15/h11-12,19H,3-10H2,1-2H3,(H2,16,21). The third kappa shape index (κ3) is 3.38. The number of likely N-dealkylation sites (N-methyl/N-ethyl adjacent to an activating group) is 1. The van der Waals surface area contributed by atoms with Crippen molar-refractivity contribution in [1.82, 2.24) is 9.80 Å². The Morgan fingerprint density at radius 1 is 1.38 bits per heavy atom. The normalized spacial score (nSPS) is 28.9. The quantitative estimate of drug-likeness (QED) is 0.750. The van der Waals surface area contributed by atoms with Crippen molar-refractivity contribution in [3.63, 3.8) is 0 Å². The van der Waals surface area contributed by atoms with Crippen LogP contribution in [-0.4, -0.2) is 65.1 Å². The van der Waals surface area contributed by atoms with Gasteiger partial charge in [0.25, 0.3) is 0 Å². The Hall–Kier alpha value is -0.720. The SMILES string of the molecule is CN(C)CC1CC(O)CN1C(=O)C1(C(N)=S)CCCCC1. The summed E-state index contributed by atoms with van der Waals surface area (Å²) in [5.74, 6) is 0.0399. The highest BCUT2D eigenvalue weighted by atomic mass is 32.1. The predicted molar refractivity (Wildman–Crippen MR) is 87.0 cm³/mol. The van der Waals surface area contributed by atoms with Gasteiger partial charge in [-0.25, -0.2) is 0 Å². The molecule has 0 spiro atoms. The fourth-order valence-electron chi connectivity index (χ4n) is 3.73. The van der Waals surface area contributed by atoms with E-state index in [0.29, 0.717) is 18.0 Å². The highest BCUT2D eigenvalue weighted by Crippen LogP contribution is 2.40. The number of thiocarbonyl (C=S) groups is 1. The van der Waals surface area contributed by atoms with Crippen LogP contribution in [0.5, 0.6) is 0 Å². The van der Waals surface area contributed by atoms with Crippen molar-refractivity contribution in [2.24, 2.45) is 11.1 Å². The lowest BCUT2D eigenvalue weighted by molar-refractivity contribution is -0.141. The molecule has 2 rings (SSSR count). The minimum atomic E-state index is -0.678. The molecule has 1 aliphatic heterocycles. The number of rotatable bonds is 4. The minimum Gasteiger partial charge on any atom is -0.392 e. The average molecular weight is 313 g/mol. The van der Waals surface area contributed by atoms with Gasteiger partial charge in [-0.15, -0.1) is 0 Å². The highest BCUT2D eigenvalue weighted by Gasteiger charge is 2.48. The molecule has 5 nitrogen and oxygen atoms in total. The second-order valence-electron chi connectivity index (χ2n) is 6.77. The van der Waals surface area contributed by atoms with E-state index in [2.05, 4.69) is 4.90 Å². The molecule has 0 aromatic heterocycles.